The second-order valence-corrected chi connectivity index (χ2v) is 28.1. The lowest BCUT2D eigenvalue weighted by Crippen LogP contribution is -2.30. The minimum absolute atomic E-state index is 0.0675. The van der Waals surface area contributed by atoms with Crippen molar-refractivity contribution >= 4 is 39.5 Å². The van der Waals surface area contributed by atoms with E-state index in [2.05, 4.69) is 149 Å². The molecule has 0 fully saturated rings. The van der Waals surface area contributed by atoms with Gasteiger partial charge in [-0.15, -0.1) is 0 Å². The van der Waals surface area contributed by atoms with Gasteiger partial charge in [0.1, 0.15) is 19.3 Å². The predicted molar refractivity (Wildman–Crippen MR) is 408 cm³/mol. The Labute approximate surface area is 605 Å². The van der Waals surface area contributed by atoms with Gasteiger partial charge in [-0.3, -0.25) is 37.3 Å². The summed E-state index contributed by atoms with van der Waals surface area (Å²) in [5.74, 6) is -2.28. The number of aliphatic hydroxyl groups excluding tert-OH is 1. The van der Waals surface area contributed by atoms with Crippen molar-refractivity contribution in [2.45, 2.75) is 316 Å². The van der Waals surface area contributed by atoms with E-state index in [0.29, 0.717) is 32.1 Å². The zero-order valence-electron chi connectivity index (χ0n) is 62.3. The van der Waals surface area contributed by atoms with Crippen LogP contribution in [0.2, 0.25) is 0 Å². The number of ether oxygens (including phenoxy) is 4. The predicted octanol–water partition coefficient (Wildman–Crippen LogP) is 22.1. The SMILES string of the molecule is CC/C=C\C/C=C\C/C=C\C/C=C\C/C=C\CCCC(=O)OCC(COP(=O)(O)OCC(O)COP(=O)(O)OCC(COC(=O)CCCCCCC/C=C\C/C=C\C/C=C\CC)OC(=O)CCCCCCC/C=C\C/C=C\C/C=C\CC)OC(=O)CCCCCCCCCCCCCCC. The first-order valence-corrected chi connectivity index (χ1v) is 41.4. The number of hydrogen-bond donors (Lipinski definition) is 3. The lowest BCUT2D eigenvalue weighted by molar-refractivity contribution is -0.161. The summed E-state index contributed by atoms with van der Waals surface area (Å²) in [5, 5.41) is 10.6. The zero-order valence-corrected chi connectivity index (χ0v) is 64.1. The number of allylic oxidation sites excluding steroid dienone is 22. The third-order valence-corrected chi connectivity index (χ3v) is 17.5. The largest absolute Gasteiger partial charge is 0.472 e. The standard InChI is InChI=1S/C81H136O17P2/c1-5-9-13-17-21-25-29-33-36-37-40-43-46-50-54-58-62-66-79(84)92-71-76(97-80(85)67-63-59-55-51-47-41-32-28-24-20-16-12-8-4)73-95-99(87,88)93-69-75(82)70-94-100(89,90)96-74-77(98-81(86)68-64-60-56-52-48-44-39-35-31-27-23-19-15-11-7-3)72-91-78(83)65-61-57-53-49-45-42-38-34-30-26-22-18-14-10-6-2/h9-11,13-15,21-23,25-27,33-36,38-40,43,50,54,75-77,82H,5-8,12,16-20,24,28-32,37,41-42,44-49,51-53,55-74H2,1-4H3,(H,87,88)(H,89,90)/b13-9-,14-10-,15-11-,25-21-,26-22-,27-23-,36-33-,38-34-,39-35-,43-40-,54-50-. The van der Waals surface area contributed by atoms with Gasteiger partial charge < -0.3 is 33.8 Å². The van der Waals surface area contributed by atoms with Crippen LogP contribution in [0.4, 0.5) is 0 Å². The van der Waals surface area contributed by atoms with Gasteiger partial charge in [-0.05, 0) is 128 Å². The van der Waals surface area contributed by atoms with Crippen LogP contribution in [0, 0.1) is 0 Å². The summed E-state index contributed by atoms with van der Waals surface area (Å²) in [6.07, 6.45) is 80.2. The molecule has 0 rings (SSSR count). The lowest BCUT2D eigenvalue weighted by atomic mass is 10.0. The fraction of sp³-hybridized carbons (Fsp3) is 0.679. The maximum absolute atomic E-state index is 13.1. The summed E-state index contributed by atoms with van der Waals surface area (Å²) in [6, 6.07) is 0. The summed E-state index contributed by atoms with van der Waals surface area (Å²) >= 11 is 0. The van der Waals surface area contributed by atoms with Crippen LogP contribution in [0.3, 0.4) is 0 Å². The van der Waals surface area contributed by atoms with Crippen LogP contribution in [-0.2, 0) is 65.4 Å². The number of rotatable bonds is 71. The third-order valence-electron chi connectivity index (χ3n) is 15.6. The molecule has 0 aliphatic heterocycles. The Morgan fingerprint density at radius 2 is 0.530 bits per heavy atom. The van der Waals surface area contributed by atoms with Gasteiger partial charge in [-0.25, -0.2) is 9.13 Å². The Kier molecular flexibility index (Phi) is 69.1. The summed E-state index contributed by atoms with van der Waals surface area (Å²) in [5.41, 5.74) is 0. The van der Waals surface area contributed by atoms with Crippen molar-refractivity contribution in [2.75, 3.05) is 39.6 Å². The molecule has 0 radical (unpaired) electrons. The molecule has 0 heterocycles. The Morgan fingerprint density at radius 3 is 0.840 bits per heavy atom. The molecule has 0 aliphatic rings. The number of aliphatic hydroxyl groups is 1. The van der Waals surface area contributed by atoms with Crippen LogP contribution >= 0.6 is 15.6 Å². The van der Waals surface area contributed by atoms with Gasteiger partial charge in [0.2, 0.25) is 0 Å². The molecule has 0 saturated carbocycles. The highest BCUT2D eigenvalue weighted by Gasteiger charge is 2.30. The first kappa shape index (κ1) is 95.2. The lowest BCUT2D eigenvalue weighted by Gasteiger charge is -2.21. The van der Waals surface area contributed by atoms with Gasteiger partial charge in [0, 0.05) is 25.7 Å². The van der Waals surface area contributed by atoms with E-state index in [4.69, 9.17) is 37.0 Å². The fourth-order valence-electron chi connectivity index (χ4n) is 9.87. The molecule has 0 spiro atoms. The second kappa shape index (κ2) is 72.5. The molecule has 0 saturated heterocycles. The van der Waals surface area contributed by atoms with Gasteiger partial charge in [0.05, 0.1) is 26.4 Å². The van der Waals surface area contributed by atoms with Gasteiger partial charge in [-0.2, -0.15) is 0 Å². The molecule has 0 aromatic rings. The van der Waals surface area contributed by atoms with Crippen LogP contribution in [0.15, 0.2) is 134 Å². The molecule has 0 aliphatic carbocycles. The Balaban J connectivity index is 5.42. The quantitative estimate of drug-likeness (QED) is 0.0169. The van der Waals surface area contributed by atoms with Gasteiger partial charge in [0.25, 0.3) is 0 Å². The molecule has 0 bridgehead atoms. The molecule has 572 valence electrons. The van der Waals surface area contributed by atoms with Crippen molar-refractivity contribution in [3.05, 3.63) is 134 Å². The number of hydrogen-bond acceptors (Lipinski definition) is 15. The highest BCUT2D eigenvalue weighted by Crippen LogP contribution is 2.45. The van der Waals surface area contributed by atoms with Crippen molar-refractivity contribution in [1.82, 2.24) is 0 Å². The minimum Gasteiger partial charge on any atom is -0.462 e. The summed E-state index contributed by atoms with van der Waals surface area (Å²) < 4.78 is 68.4. The van der Waals surface area contributed by atoms with Crippen molar-refractivity contribution in [3.63, 3.8) is 0 Å². The van der Waals surface area contributed by atoms with E-state index < -0.39 is 97.5 Å². The highest BCUT2D eigenvalue weighted by molar-refractivity contribution is 7.47. The summed E-state index contributed by atoms with van der Waals surface area (Å²) in [7, 11) is -9.98. The van der Waals surface area contributed by atoms with Crippen LogP contribution in [0.25, 0.3) is 0 Å². The van der Waals surface area contributed by atoms with Crippen molar-refractivity contribution < 1.29 is 80.2 Å². The fourth-order valence-corrected chi connectivity index (χ4v) is 11.5. The monoisotopic (exact) mass is 1440 g/mol. The maximum Gasteiger partial charge on any atom is 0.472 e. The average molecular weight is 1440 g/mol. The Hall–Kier alpha value is -4.80. The van der Waals surface area contributed by atoms with Crippen molar-refractivity contribution in [1.29, 1.82) is 0 Å². The molecule has 0 aromatic carbocycles. The first-order valence-electron chi connectivity index (χ1n) is 38.4. The van der Waals surface area contributed by atoms with E-state index in [1.165, 1.54) is 51.4 Å². The molecule has 19 heteroatoms. The van der Waals surface area contributed by atoms with Gasteiger partial charge in [-0.1, -0.05) is 277 Å². The summed E-state index contributed by atoms with van der Waals surface area (Å²) in [4.78, 5) is 72.9. The molecule has 3 N–H and O–H groups in total. The van der Waals surface area contributed by atoms with E-state index in [-0.39, 0.29) is 25.7 Å². The molecule has 100 heavy (non-hydrogen) atoms. The molecule has 5 unspecified atom stereocenters. The van der Waals surface area contributed by atoms with Crippen LogP contribution in [-0.4, -0.2) is 96.7 Å². The first-order chi connectivity index (χ1) is 48.7. The maximum atomic E-state index is 13.1. The Morgan fingerprint density at radius 1 is 0.290 bits per heavy atom. The van der Waals surface area contributed by atoms with Crippen LogP contribution in [0.1, 0.15) is 297 Å². The molecular weight excluding hydrogens is 1310 g/mol. The van der Waals surface area contributed by atoms with E-state index in [9.17, 15) is 43.2 Å². The van der Waals surface area contributed by atoms with Gasteiger partial charge >= 0.3 is 39.5 Å². The second-order valence-electron chi connectivity index (χ2n) is 25.2. The topological polar surface area (TPSA) is 237 Å². The number of unbranched alkanes of at least 4 members (excludes halogenated alkanes) is 23. The molecular formula is C81H136O17P2. The third kappa shape index (κ3) is 71.6. The number of esters is 4. The van der Waals surface area contributed by atoms with Gasteiger partial charge in [0.15, 0.2) is 12.2 Å². The minimum atomic E-state index is -4.99. The number of phosphoric acid groups is 2. The van der Waals surface area contributed by atoms with E-state index >= 15 is 0 Å². The number of carbonyl (C=O) groups excluding carboxylic acids is 4. The molecule has 5 atom stereocenters. The Bertz CT molecular complexity index is 2420. The average Bonchev–Trinajstić information content (AvgIpc) is 0.965. The molecule has 0 aromatic heterocycles. The van der Waals surface area contributed by atoms with E-state index in [1.54, 1.807) is 0 Å². The van der Waals surface area contributed by atoms with E-state index in [1.807, 2.05) is 12.2 Å². The number of phosphoric ester groups is 2. The number of carbonyl (C=O) groups is 4. The molecule has 0 amide bonds. The zero-order chi connectivity index (χ0) is 73.2. The normalized spacial score (nSPS) is 14.7. The van der Waals surface area contributed by atoms with Crippen LogP contribution < -0.4 is 0 Å². The smallest absolute Gasteiger partial charge is 0.462 e. The highest BCUT2D eigenvalue weighted by atomic mass is 31.2. The van der Waals surface area contributed by atoms with Crippen molar-refractivity contribution in [3.8, 4) is 0 Å². The van der Waals surface area contributed by atoms with E-state index in [0.717, 1.165) is 161 Å². The molecule has 17 nitrogen and oxygen atoms in total. The van der Waals surface area contributed by atoms with Crippen molar-refractivity contribution in [2.24, 2.45) is 0 Å². The summed E-state index contributed by atoms with van der Waals surface area (Å²) in [6.45, 7) is 4.43. The van der Waals surface area contributed by atoms with Crippen LogP contribution in [0.5, 0.6) is 0 Å².